The molecule has 0 unspecified atom stereocenters. The lowest BCUT2D eigenvalue weighted by molar-refractivity contribution is 0.126. The van der Waals surface area contributed by atoms with E-state index in [-0.39, 0.29) is 12.0 Å². The van der Waals surface area contributed by atoms with E-state index in [1.807, 2.05) is 13.8 Å². The molecule has 1 amide bonds. The molecule has 18 heavy (non-hydrogen) atoms. The Balaban J connectivity index is 5.23. The first kappa shape index (κ1) is 16.3. The molecule has 0 saturated carbocycles. The fourth-order valence-electron chi connectivity index (χ4n) is 1.27. The lowest BCUT2D eigenvalue weighted by Gasteiger charge is -2.11. The average molecular weight is 250 g/mol. The van der Waals surface area contributed by atoms with Gasteiger partial charge < -0.3 is 4.74 Å². The second-order valence-electron chi connectivity index (χ2n) is 4.32. The SMILES string of the molecule is C=CC(=C\C=NC)/C(=N\C(=O)OC(C)C)C(C)C. The van der Waals surface area contributed by atoms with Crippen molar-refractivity contribution in [3.05, 3.63) is 24.3 Å². The third-order valence-electron chi connectivity index (χ3n) is 2.01. The maximum Gasteiger partial charge on any atom is 0.434 e. The molecule has 0 radical (unpaired) electrons. The molecule has 4 heteroatoms. The van der Waals surface area contributed by atoms with Crippen molar-refractivity contribution in [3.63, 3.8) is 0 Å². The molecule has 0 N–H and O–H groups in total. The Morgan fingerprint density at radius 1 is 1.28 bits per heavy atom. The van der Waals surface area contributed by atoms with E-state index in [1.165, 1.54) is 0 Å². The zero-order valence-electron chi connectivity index (χ0n) is 11.8. The number of nitrogens with zero attached hydrogens (tertiary/aromatic N) is 2. The van der Waals surface area contributed by atoms with Crippen molar-refractivity contribution >= 4 is 18.0 Å². The zero-order valence-corrected chi connectivity index (χ0v) is 11.8. The minimum atomic E-state index is -0.574. The van der Waals surface area contributed by atoms with Crippen LogP contribution in [0.1, 0.15) is 27.7 Å². The smallest absolute Gasteiger partial charge is 0.434 e. The van der Waals surface area contributed by atoms with E-state index in [2.05, 4.69) is 16.6 Å². The lowest BCUT2D eigenvalue weighted by atomic mass is 10.00. The predicted molar refractivity (Wildman–Crippen MR) is 76.6 cm³/mol. The van der Waals surface area contributed by atoms with Gasteiger partial charge in [0.05, 0.1) is 11.8 Å². The third-order valence-corrected chi connectivity index (χ3v) is 2.01. The van der Waals surface area contributed by atoms with Crippen LogP contribution in [-0.4, -0.2) is 31.2 Å². The van der Waals surface area contributed by atoms with Crippen LogP contribution in [0.5, 0.6) is 0 Å². The maximum absolute atomic E-state index is 11.6. The highest BCUT2D eigenvalue weighted by atomic mass is 16.6. The van der Waals surface area contributed by atoms with Gasteiger partial charge in [0.2, 0.25) is 0 Å². The molecule has 0 aliphatic heterocycles. The van der Waals surface area contributed by atoms with Crippen LogP contribution in [0.15, 0.2) is 34.3 Å². The number of hydrogen-bond acceptors (Lipinski definition) is 3. The molecule has 0 aromatic heterocycles. The highest BCUT2D eigenvalue weighted by molar-refractivity contribution is 6.09. The number of allylic oxidation sites excluding steroid dienone is 3. The topological polar surface area (TPSA) is 51.0 Å². The normalized spacial score (nSPS) is 13.5. The van der Waals surface area contributed by atoms with Crippen molar-refractivity contribution in [2.45, 2.75) is 33.8 Å². The Bertz CT molecular complexity index is 377. The number of carbonyl (C=O) groups is 1. The second-order valence-corrected chi connectivity index (χ2v) is 4.32. The van der Waals surface area contributed by atoms with Gasteiger partial charge in [0.15, 0.2) is 0 Å². The summed E-state index contributed by atoms with van der Waals surface area (Å²) in [4.78, 5) is 19.4. The van der Waals surface area contributed by atoms with Gasteiger partial charge in [0.1, 0.15) is 0 Å². The molecule has 100 valence electrons. The highest BCUT2D eigenvalue weighted by Crippen LogP contribution is 2.10. The van der Waals surface area contributed by atoms with Gasteiger partial charge in [0, 0.05) is 13.3 Å². The van der Waals surface area contributed by atoms with Gasteiger partial charge in [-0.1, -0.05) is 26.5 Å². The Kier molecular flexibility index (Phi) is 7.59. The fraction of sp³-hybridized carbons (Fsp3) is 0.500. The molecule has 0 atom stereocenters. The van der Waals surface area contributed by atoms with Gasteiger partial charge in [0.25, 0.3) is 0 Å². The van der Waals surface area contributed by atoms with E-state index in [1.54, 1.807) is 39.3 Å². The van der Waals surface area contributed by atoms with Crippen molar-refractivity contribution in [3.8, 4) is 0 Å². The number of aliphatic imine (C=N–C) groups is 2. The summed E-state index contributed by atoms with van der Waals surface area (Å²) < 4.78 is 5.01. The summed E-state index contributed by atoms with van der Waals surface area (Å²) >= 11 is 0. The molecule has 0 rings (SSSR count). The molecular weight excluding hydrogens is 228 g/mol. The van der Waals surface area contributed by atoms with Crippen molar-refractivity contribution in [2.24, 2.45) is 15.9 Å². The third kappa shape index (κ3) is 6.13. The highest BCUT2D eigenvalue weighted by Gasteiger charge is 2.12. The lowest BCUT2D eigenvalue weighted by Crippen LogP contribution is -2.15. The first-order valence-corrected chi connectivity index (χ1v) is 5.96. The summed E-state index contributed by atoms with van der Waals surface area (Å²) in [5.74, 6) is 0.0965. The van der Waals surface area contributed by atoms with Crippen molar-refractivity contribution < 1.29 is 9.53 Å². The summed E-state index contributed by atoms with van der Waals surface area (Å²) in [7, 11) is 1.68. The van der Waals surface area contributed by atoms with E-state index in [4.69, 9.17) is 4.74 Å². The van der Waals surface area contributed by atoms with Crippen molar-refractivity contribution in [2.75, 3.05) is 7.05 Å². The van der Waals surface area contributed by atoms with Gasteiger partial charge in [-0.2, -0.15) is 4.99 Å². The van der Waals surface area contributed by atoms with Crippen molar-refractivity contribution in [1.82, 2.24) is 0 Å². The minimum absolute atomic E-state index is 0.0965. The summed E-state index contributed by atoms with van der Waals surface area (Å²) in [5, 5.41) is 0. The van der Waals surface area contributed by atoms with Gasteiger partial charge >= 0.3 is 6.09 Å². The summed E-state index contributed by atoms with van der Waals surface area (Å²) in [5.41, 5.74) is 1.42. The fourth-order valence-corrected chi connectivity index (χ4v) is 1.27. The minimum Gasteiger partial charge on any atom is -0.445 e. The van der Waals surface area contributed by atoms with E-state index in [9.17, 15) is 4.79 Å². The van der Waals surface area contributed by atoms with Crippen LogP contribution in [0, 0.1) is 5.92 Å². The molecular formula is C14H22N2O2. The molecule has 0 aromatic rings. The maximum atomic E-state index is 11.6. The number of hydrogen-bond donors (Lipinski definition) is 0. The quantitative estimate of drug-likeness (QED) is 0.554. The molecule has 0 heterocycles. The van der Waals surface area contributed by atoms with Crippen LogP contribution in [0.4, 0.5) is 4.79 Å². The van der Waals surface area contributed by atoms with Crippen LogP contribution < -0.4 is 0 Å². The van der Waals surface area contributed by atoms with Crippen LogP contribution >= 0.6 is 0 Å². The van der Waals surface area contributed by atoms with Crippen LogP contribution in [0.3, 0.4) is 0 Å². The first-order chi connectivity index (χ1) is 8.42. The average Bonchev–Trinajstić information content (AvgIpc) is 2.27. The van der Waals surface area contributed by atoms with Crippen LogP contribution in [0.2, 0.25) is 0 Å². The predicted octanol–water partition coefficient (Wildman–Crippen LogP) is 3.44. The second kappa shape index (κ2) is 8.39. The number of carbonyl (C=O) groups excluding carboxylic acids is 1. The molecule has 0 aliphatic rings. The standard InChI is InChI=1S/C14H22N2O2/c1-7-12(8-9-15-6)13(10(2)3)16-14(17)18-11(4)5/h7-11H,1H2,2-6H3/b12-8+,15-9?,16-13-. The molecule has 0 saturated heterocycles. The molecule has 0 aromatic carbocycles. The largest absolute Gasteiger partial charge is 0.445 e. The number of ether oxygens (including phenoxy) is 1. The summed E-state index contributed by atoms with van der Waals surface area (Å²) in [6.07, 6.45) is 4.32. The van der Waals surface area contributed by atoms with Crippen LogP contribution in [-0.2, 0) is 4.74 Å². The monoisotopic (exact) mass is 250 g/mol. The Morgan fingerprint density at radius 3 is 2.28 bits per heavy atom. The molecule has 0 spiro atoms. The molecule has 0 aliphatic carbocycles. The molecule has 4 nitrogen and oxygen atoms in total. The Morgan fingerprint density at radius 2 is 1.89 bits per heavy atom. The summed E-state index contributed by atoms with van der Waals surface area (Å²) in [6.45, 7) is 11.2. The van der Waals surface area contributed by atoms with E-state index in [0.717, 1.165) is 5.57 Å². The van der Waals surface area contributed by atoms with Gasteiger partial charge in [-0.25, -0.2) is 4.79 Å². The van der Waals surface area contributed by atoms with Gasteiger partial charge in [-0.15, -0.1) is 0 Å². The zero-order chi connectivity index (χ0) is 14.1. The Hall–Kier alpha value is -1.71. The van der Waals surface area contributed by atoms with Crippen molar-refractivity contribution in [1.29, 1.82) is 0 Å². The molecule has 0 fully saturated rings. The Labute approximate surface area is 109 Å². The van der Waals surface area contributed by atoms with Gasteiger partial charge in [-0.3, -0.25) is 4.99 Å². The molecule has 0 bridgehead atoms. The first-order valence-electron chi connectivity index (χ1n) is 5.96. The van der Waals surface area contributed by atoms with E-state index >= 15 is 0 Å². The summed E-state index contributed by atoms with van der Waals surface area (Å²) in [6, 6.07) is 0. The van der Waals surface area contributed by atoms with E-state index in [0.29, 0.717) is 5.71 Å². The van der Waals surface area contributed by atoms with E-state index < -0.39 is 6.09 Å². The number of rotatable bonds is 5. The number of amides is 1. The van der Waals surface area contributed by atoms with Gasteiger partial charge in [-0.05, 0) is 31.4 Å². The van der Waals surface area contributed by atoms with Crippen LogP contribution in [0.25, 0.3) is 0 Å².